The van der Waals surface area contributed by atoms with Gasteiger partial charge in [0.2, 0.25) is 11.8 Å². The van der Waals surface area contributed by atoms with Gasteiger partial charge in [-0.3, -0.25) is 14.5 Å². The Balaban J connectivity index is 1.57. The number of methoxy groups -OCH3 is 1. The molecule has 1 saturated heterocycles. The van der Waals surface area contributed by atoms with Gasteiger partial charge in [-0.1, -0.05) is 36.5 Å². The number of aromatic amines is 1. The molecule has 1 aliphatic carbocycles. The molecule has 11 heteroatoms. The Bertz CT molecular complexity index is 1490. The first kappa shape index (κ1) is 25.1. The molecule has 2 fully saturated rings. The molecule has 200 valence electrons. The molecule has 10 nitrogen and oxygen atoms in total. The van der Waals surface area contributed by atoms with Gasteiger partial charge in [-0.05, 0) is 49.7 Å². The van der Waals surface area contributed by atoms with E-state index < -0.39 is 5.76 Å². The predicted octanol–water partition coefficient (Wildman–Crippen LogP) is 4.93. The zero-order valence-electron chi connectivity index (χ0n) is 21.7. The summed E-state index contributed by atoms with van der Waals surface area (Å²) in [6, 6.07) is 3.99. The smallest absolute Gasteiger partial charge is 0.383 e. The number of hydrogen-bond acceptors (Lipinski definition) is 8. The number of nitrogens with one attached hydrogen (secondary N) is 1. The molecular weight excluding hydrogens is 506 g/mol. The van der Waals surface area contributed by atoms with Gasteiger partial charge in [0.25, 0.3) is 0 Å². The molecule has 1 N–H and O–H groups in total. The van der Waals surface area contributed by atoms with Crippen LogP contribution in [-0.2, 0) is 11.3 Å². The van der Waals surface area contributed by atoms with Crippen molar-refractivity contribution < 1.29 is 9.26 Å². The van der Waals surface area contributed by atoms with E-state index in [2.05, 4.69) is 31.5 Å². The minimum Gasteiger partial charge on any atom is -0.383 e. The van der Waals surface area contributed by atoms with Gasteiger partial charge in [-0.15, -0.1) is 0 Å². The van der Waals surface area contributed by atoms with E-state index in [1.807, 2.05) is 12.1 Å². The fourth-order valence-electron chi connectivity index (χ4n) is 5.98. The summed E-state index contributed by atoms with van der Waals surface area (Å²) < 4.78 is 12.7. The second kappa shape index (κ2) is 10.5. The molecule has 4 aromatic rings. The van der Waals surface area contributed by atoms with Crippen LogP contribution in [0, 0.1) is 11.8 Å². The lowest BCUT2D eigenvalue weighted by atomic mass is 9.83. The van der Waals surface area contributed by atoms with E-state index in [9.17, 15) is 4.79 Å². The lowest BCUT2D eigenvalue weighted by Crippen LogP contribution is -2.35. The van der Waals surface area contributed by atoms with Crippen LogP contribution in [-0.4, -0.2) is 56.0 Å². The first-order valence-electron chi connectivity index (χ1n) is 13.3. The first-order chi connectivity index (χ1) is 18.5. The van der Waals surface area contributed by atoms with Crippen molar-refractivity contribution >= 4 is 28.6 Å². The third-order valence-electron chi connectivity index (χ3n) is 7.93. The second-order valence-electron chi connectivity index (χ2n) is 10.7. The average Bonchev–Trinajstić information content (AvgIpc) is 3.64. The number of anilines is 1. The van der Waals surface area contributed by atoms with Gasteiger partial charge in [0.1, 0.15) is 5.69 Å². The number of aromatic nitrogens is 6. The van der Waals surface area contributed by atoms with E-state index in [1.54, 1.807) is 19.5 Å². The summed E-state index contributed by atoms with van der Waals surface area (Å²) >= 11 is 6.37. The monoisotopic (exact) mass is 537 g/mol. The number of imidazole rings is 1. The second-order valence-corrected chi connectivity index (χ2v) is 11.1. The van der Waals surface area contributed by atoms with Crippen LogP contribution < -0.4 is 10.7 Å². The van der Waals surface area contributed by atoms with Gasteiger partial charge in [0.15, 0.2) is 0 Å². The highest BCUT2D eigenvalue weighted by atomic mass is 35.5. The third-order valence-corrected chi connectivity index (χ3v) is 8.14. The highest BCUT2D eigenvalue weighted by molar-refractivity contribution is 6.30. The maximum absolute atomic E-state index is 11.7. The van der Waals surface area contributed by atoms with Crippen molar-refractivity contribution in [3.8, 4) is 22.8 Å². The number of nitrogens with zero attached hydrogens (tertiary/aromatic N) is 6. The Morgan fingerprint density at radius 2 is 2.00 bits per heavy atom. The van der Waals surface area contributed by atoms with E-state index in [0.717, 1.165) is 54.4 Å². The van der Waals surface area contributed by atoms with Crippen molar-refractivity contribution in [2.75, 3.05) is 25.2 Å². The number of rotatable bonds is 7. The van der Waals surface area contributed by atoms with Gasteiger partial charge in [-0.25, -0.2) is 14.8 Å². The minimum absolute atomic E-state index is 0.254. The molecule has 0 radical (unpaired) electrons. The van der Waals surface area contributed by atoms with Crippen molar-refractivity contribution in [2.45, 2.75) is 58.0 Å². The number of fused-ring (bicyclic) bond motifs is 1. The molecule has 1 aliphatic heterocycles. The van der Waals surface area contributed by atoms with E-state index in [1.165, 1.54) is 25.7 Å². The lowest BCUT2D eigenvalue weighted by molar-refractivity contribution is 0.180. The molecule has 1 atom stereocenters. The Labute approximate surface area is 225 Å². The maximum Gasteiger partial charge on any atom is 0.439 e. The molecule has 0 aromatic carbocycles. The first-order valence-corrected chi connectivity index (χ1v) is 13.7. The van der Waals surface area contributed by atoms with Crippen LogP contribution in [0.2, 0.25) is 5.02 Å². The number of ether oxygens (including phenoxy) is 1. The quantitative estimate of drug-likeness (QED) is 0.353. The van der Waals surface area contributed by atoms with Crippen LogP contribution in [0.15, 0.2) is 33.8 Å². The normalized spacial score (nSPS) is 22.0. The molecule has 6 rings (SSSR count). The standard InChI is InChI=1S/C27H32ClN7O3/c1-16-5-7-17(8-6-16)14-35-24-21(31-26(35)34-9-3-4-20(34)15-37-2)11-22(25-32-27(36)38-33-25)30-23(24)18-10-19(28)13-29-12-18/h10-13,16-17,20H,3-9,14-15H2,1-2H3,(H,32,33,36). The highest BCUT2D eigenvalue weighted by Gasteiger charge is 2.32. The third kappa shape index (κ3) is 4.82. The van der Waals surface area contributed by atoms with Crippen molar-refractivity contribution in [2.24, 2.45) is 11.8 Å². The van der Waals surface area contributed by atoms with E-state index in [-0.39, 0.29) is 11.9 Å². The molecular formula is C27H32ClN7O3. The summed E-state index contributed by atoms with van der Waals surface area (Å²) in [5.74, 6) is 1.88. The summed E-state index contributed by atoms with van der Waals surface area (Å²) in [4.78, 5) is 31.2. The Morgan fingerprint density at radius 1 is 1.16 bits per heavy atom. The van der Waals surface area contributed by atoms with Crippen LogP contribution in [0.4, 0.5) is 5.95 Å². The largest absolute Gasteiger partial charge is 0.439 e. The summed E-state index contributed by atoms with van der Waals surface area (Å²) in [7, 11) is 1.75. The molecule has 4 aromatic heterocycles. The zero-order chi connectivity index (χ0) is 26.2. The molecule has 0 amide bonds. The Morgan fingerprint density at radius 3 is 2.74 bits per heavy atom. The fourth-order valence-corrected chi connectivity index (χ4v) is 6.15. The Kier molecular flexibility index (Phi) is 6.92. The number of hydrogen-bond donors (Lipinski definition) is 1. The fraction of sp³-hybridized carbons (Fsp3) is 0.519. The summed E-state index contributed by atoms with van der Waals surface area (Å²) in [6.07, 6.45) is 10.4. The molecule has 0 spiro atoms. The van der Waals surface area contributed by atoms with E-state index in [0.29, 0.717) is 28.9 Å². The van der Waals surface area contributed by atoms with Crippen LogP contribution in [0.25, 0.3) is 33.8 Å². The number of halogens is 1. The average molecular weight is 538 g/mol. The van der Waals surface area contributed by atoms with Crippen molar-refractivity contribution in [3.63, 3.8) is 0 Å². The topological polar surface area (TPSA) is 115 Å². The van der Waals surface area contributed by atoms with Crippen LogP contribution in [0.5, 0.6) is 0 Å². The van der Waals surface area contributed by atoms with Crippen LogP contribution in [0.3, 0.4) is 0 Å². The molecule has 38 heavy (non-hydrogen) atoms. The van der Waals surface area contributed by atoms with Gasteiger partial charge in [0, 0.05) is 38.2 Å². The zero-order valence-corrected chi connectivity index (χ0v) is 22.4. The summed E-state index contributed by atoms with van der Waals surface area (Å²) in [5, 5.41) is 4.40. The van der Waals surface area contributed by atoms with Crippen LogP contribution in [0.1, 0.15) is 45.4 Å². The molecule has 5 heterocycles. The van der Waals surface area contributed by atoms with Crippen molar-refractivity contribution in [1.82, 2.24) is 29.7 Å². The summed E-state index contributed by atoms with van der Waals surface area (Å²) in [5.41, 5.74) is 3.64. The van der Waals surface area contributed by atoms with Crippen molar-refractivity contribution in [3.05, 3.63) is 40.1 Å². The molecule has 1 saturated carbocycles. The number of H-pyrrole nitrogens is 1. The van der Waals surface area contributed by atoms with E-state index >= 15 is 0 Å². The van der Waals surface area contributed by atoms with Gasteiger partial charge < -0.3 is 14.2 Å². The maximum atomic E-state index is 11.7. The van der Waals surface area contributed by atoms with Crippen LogP contribution >= 0.6 is 11.6 Å². The van der Waals surface area contributed by atoms with Crippen molar-refractivity contribution in [1.29, 1.82) is 0 Å². The van der Waals surface area contributed by atoms with Gasteiger partial charge in [-0.2, -0.15) is 0 Å². The predicted molar refractivity (Wildman–Crippen MR) is 145 cm³/mol. The molecule has 2 aliphatic rings. The lowest BCUT2D eigenvalue weighted by Gasteiger charge is -2.30. The van der Waals surface area contributed by atoms with Gasteiger partial charge >= 0.3 is 5.76 Å². The van der Waals surface area contributed by atoms with E-state index in [4.69, 9.17) is 30.8 Å². The molecule has 1 unspecified atom stereocenters. The number of pyridine rings is 2. The Hall–Kier alpha value is -3.24. The highest BCUT2D eigenvalue weighted by Crippen LogP contribution is 2.38. The van der Waals surface area contributed by atoms with Gasteiger partial charge in [0.05, 0.1) is 34.4 Å². The SMILES string of the molecule is COCC1CCCN1c1nc2cc(-c3noc(=O)[nH]3)nc(-c3cncc(Cl)c3)c2n1CC1CCC(C)CC1. The summed E-state index contributed by atoms with van der Waals surface area (Å²) in [6.45, 7) is 4.78. The molecule has 0 bridgehead atoms. The minimum atomic E-state index is -0.634.